The van der Waals surface area contributed by atoms with Crippen LogP contribution < -0.4 is 20.1 Å². The van der Waals surface area contributed by atoms with Crippen LogP contribution in [0.25, 0.3) is 0 Å². The average Bonchev–Trinajstić information content (AvgIpc) is 3.15. The highest BCUT2D eigenvalue weighted by molar-refractivity contribution is 5.79. The third-order valence-electron chi connectivity index (χ3n) is 4.62. The fourth-order valence-corrected chi connectivity index (χ4v) is 3.12. The number of nitrogens with zero attached hydrogens (tertiary/aromatic N) is 2. The Labute approximate surface area is 169 Å². The highest BCUT2D eigenvalue weighted by Gasteiger charge is 2.22. The molecule has 1 unspecified atom stereocenters. The molecule has 2 aromatic rings. The molecule has 156 valence electrons. The molecule has 0 bridgehead atoms. The van der Waals surface area contributed by atoms with Gasteiger partial charge in [-0.3, -0.25) is 0 Å². The predicted octanol–water partition coefficient (Wildman–Crippen LogP) is 3.05. The van der Waals surface area contributed by atoms with Crippen LogP contribution in [0.1, 0.15) is 24.1 Å². The summed E-state index contributed by atoms with van der Waals surface area (Å²) >= 11 is 0. The summed E-state index contributed by atoms with van der Waals surface area (Å²) in [6, 6.07) is 9.10. The number of hydrogen-bond acceptors (Lipinski definition) is 4. The first-order chi connectivity index (χ1) is 14.0. The van der Waals surface area contributed by atoms with E-state index in [0.29, 0.717) is 24.8 Å². The number of rotatable bonds is 7. The van der Waals surface area contributed by atoms with Gasteiger partial charge in [-0.05, 0) is 50.8 Å². The van der Waals surface area contributed by atoms with E-state index in [9.17, 15) is 8.78 Å². The lowest BCUT2D eigenvalue weighted by molar-refractivity contribution is 0.174. The van der Waals surface area contributed by atoms with Crippen molar-refractivity contribution in [2.75, 3.05) is 34.0 Å². The summed E-state index contributed by atoms with van der Waals surface area (Å²) in [5.41, 5.74) is 1.01. The van der Waals surface area contributed by atoms with Crippen LogP contribution in [-0.2, 0) is 6.54 Å². The molecule has 1 aliphatic heterocycles. The van der Waals surface area contributed by atoms with Gasteiger partial charge in [-0.1, -0.05) is 12.1 Å². The van der Waals surface area contributed by atoms with Crippen molar-refractivity contribution in [3.05, 3.63) is 59.2 Å². The van der Waals surface area contributed by atoms with E-state index >= 15 is 0 Å². The van der Waals surface area contributed by atoms with E-state index in [1.54, 1.807) is 19.0 Å². The van der Waals surface area contributed by atoms with E-state index in [1.807, 2.05) is 25.1 Å². The lowest BCUT2D eigenvalue weighted by atomic mass is 10.0. The second-order valence-electron chi connectivity index (χ2n) is 6.88. The molecule has 0 saturated heterocycles. The summed E-state index contributed by atoms with van der Waals surface area (Å²) < 4.78 is 39.2. The number of benzene rings is 2. The quantitative estimate of drug-likeness (QED) is 0.549. The predicted molar refractivity (Wildman–Crippen MR) is 108 cm³/mol. The number of nitrogens with one attached hydrogen (secondary N) is 2. The molecular weight excluding hydrogens is 378 g/mol. The Balaban J connectivity index is 1.71. The monoisotopic (exact) mass is 404 g/mol. The van der Waals surface area contributed by atoms with E-state index in [2.05, 4.69) is 15.6 Å². The number of fused-ring (bicyclic) bond motifs is 1. The van der Waals surface area contributed by atoms with Gasteiger partial charge in [0.05, 0.1) is 12.6 Å². The molecule has 0 aromatic heterocycles. The molecule has 6 nitrogen and oxygen atoms in total. The first-order valence-electron chi connectivity index (χ1n) is 9.50. The molecule has 1 aliphatic rings. The molecule has 2 N–H and O–H groups in total. The second-order valence-corrected chi connectivity index (χ2v) is 6.88. The van der Waals surface area contributed by atoms with Crippen LogP contribution >= 0.6 is 0 Å². The molecule has 29 heavy (non-hydrogen) atoms. The maximum absolute atomic E-state index is 14.2. The third-order valence-corrected chi connectivity index (χ3v) is 4.62. The molecule has 1 heterocycles. The van der Waals surface area contributed by atoms with Crippen LogP contribution in [0.5, 0.6) is 11.5 Å². The Morgan fingerprint density at radius 2 is 1.83 bits per heavy atom. The standard InChI is InChI=1S/C21H26F2N4O2/c1-4-24-21(25-11-14-8-9-18-19(10-14)29-13-28-18)26-12-17(27(2)3)20-15(22)6-5-7-16(20)23/h5-10,17H,4,11-13H2,1-3H3,(H2,24,25,26). The number of halogens is 2. The summed E-state index contributed by atoms with van der Waals surface area (Å²) in [5.74, 6) is 0.872. The van der Waals surface area contributed by atoms with Crippen molar-refractivity contribution in [1.82, 2.24) is 15.5 Å². The maximum atomic E-state index is 14.2. The third kappa shape index (κ3) is 5.14. The van der Waals surface area contributed by atoms with Crippen LogP contribution in [0, 0.1) is 11.6 Å². The van der Waals surface area contributed by atoms with E-state index in [1.165, 1.54) is 18.2 Å². The molecule has 0 radical (unpaired) electrons. The SMILES string of the molecule is CCNC(=NCc1ccc2c(c1)OCO2)NCC(c1c(F)cccc1F)N(C)C. The molecule has 0 spiro atoms. The van der Waals surface area contributed by atoms with E-state index in [0.717, 1.165) is 11.3 Å². The average molecular weight is 404 g/mol. The maximum Gasteiger partial charge on any atom is 0.231 e. The first-order valence-corrected chi connectivity index (χ1v) is 9.50. The van der Waals surface area contributed by atoms with Gasteiger partial charge >= 0.3 is 0 Å². The van der Waals surface area contributed by atoms with Gasteiger partial charge in [0.2, 0.25) is 6.79 Å². The van der Waals surface area contributed by atoms with Crippen molar-refractivity contribution in [2.45, 2.75) is 19.5 Å². The zero-order chi connectivity index (χ0) is 20.8. The number of ether oxygens (including phenoxy) is 2. The van der Waals surface area contributed by atoms with E-state index in [4.69, 9.17) is 9.47 Å². The number of hydrogen-bond donors (Lipinski definition) is 2. The minimum absolute atomic E-state index is 0.0385. The van der Waals surface area contributed by atoms with Crippen molar-refractivity contribution in [3.63, 3.8) is 0 Å². The van der Waals surface area contributed by atoms with Gasteiger partial charge in [-0.2, -0.15) is 0 Å². The van der Waals surface area contributed by atoms with Gasteiger partial charge in [-0.25, -0.2) is 13.8 Å². The summed E-state index contributed by atoms with van der Waals surface area (Å²) in [5, 5.41) is 6.34. The van der Waals surface area contributed by atoms with Gasteiger partial charge in [-0.15, -0.1) is 0 Å². The van der Waals surface area contributed by atoms with Gasteiger partial charge < -0.3 is 25.0 Å². The van der Waals surface area contributed by atoms with Crippen LogP contribution in [-0.4, -0.2) is 44.8 Å². The normalized spacial score (nSPS) is 14.2. The highest BCUT2D eigenvalue weighted by atomic mass is 19.1. The summed E-state index contributed by atoms with van der Waals surface area (Å²) in [6.45, 7) is 3.56. The van der Waals surface area contributed by atoms with Crippen molar-refractivity contribution < 1.29 is 18.3 Å². The molecule has 0 fully saturated rings. The topological polar surface area (TPSA) is 58.1 Å². The van der Waals surface area contributed by atoms with Gasteiger partial charge in [0.25, 0.3) is 0 Å². The van der Waals surface area contributed by atoms with E-state index in [-0.39, 0.29) is 18.9 Å². The minimum atomic E-state index is -0.562. The molecule has 1 atom stereocenters. The Hall–Kier alpha value is -2.87. The van der Waals surface area contributed by atoms with Crippen LogP contribution in [0.15, 0.2) is 41.4 Å². The summed E-state index contributed by atoms with van der Waals surface area (Å²) in [7, 11) is 3.57. The Kier molecular flexibility index (Phi) is 6.87. The van der Waals surface area contributed by atoms with Gasteiger partial charge in [0, 0.05) is 18.7 Å². The van der Waals surface area contributed by atoms with Crippen molar-refractivity contribution in [3.8, 4) is 11.5 Å². The van der Waals surface area contributed by atoms with Crippen molar-refractivity contribution >= 4 is 5.96 Å². The summed E-state index contributed by atoms with van der Waals surface area (Å²) in [6.07, 6.45) is 0. The van der Waals surface area contributed by atoms with Gasteiger partial charge in [0.15, 0.2) is 17.5 Å². The molecule has 0 amide bonds. The fraction of sp³-hybridized carbons (Fsp3) is 0.381. The molecule has 8 heteroatoms. The fourth-order valence-electron chi connectivity index (χ4n) is 3.12. The Morgan fingerprint density at radius 1 is 1.10 bits per heavy atom. The minimum Gasteiger partial charge on any atom is -0.454 e. The first kappa shape index (κ1) is 20.9. The molecule has 0 aliphatic carbocycles. The number of aliphatic imine (C=N–C) groups is 1. The zero-order valence-corrected chi connectivity index (χ0v) is 16.8. The number of likely N-dealkylation sites (N-methyl/N-ethyl adjacent to an activating group) is 1. The lowest BCUT2D eigenvalue weighted by Crippen LogP contribution is -2.42. The molecule has 0 saturated carbocycles. The Morgan fingerprint density at radius 3 is 2.52 bits per heavy atom. The molecular formula is C21H26F2N4O2. The van der Waals surface area contributed by atoms with Crippen molar-refractivity contribution in [2.24, 2.45) is 4.99 Å². The zero-order valence-electron chi connectivity index (χ0n) is 16.8. The molecule has 2 aromatic carbocycles. The van der Waals surface area contributed by atoms with Crippen molar-refractivity contribution in [1.29, 1.82) is 0 Å². The van der Waals surface area contributed by atoms with E-state index < -0.39 is 17.7 Å². The van der Waals surface area contributed by atoms with Crippen LogP contribution in [0.2, 0.25) is 0 Å². The van der Waals surface area contributed by atoms with Crippen LogP contribution in [0.3, 0.4) is 0 Å². The lowest BCUT2D eigenvalue weighted by Gasteiger charge is -2.26. The molecule has 3 rings (SSSR count). The number of guanidine groups is 1. The summed E-state index contributed by atoms with van der Waals surface area (Å²) in [4.78, 5) is 6.34. The van der Waals surface area contributed by atoms with Crippen LogP contribution in [0.4, 0.5) is 8.78 Å². The smallest absolute Gasteiger partial charge is 0.231 e. The highest BCUT2D eigenvalue weighted by Crippen LogP contribution is 2.32. The second kappa shape index (κ2) is 9.56. The Bertz CT molecular complexity index is 854. The van der Waals surface area contributed by atoms with Gasteiger partial charge in [0.1, 0.15) is 11.6 Å². The largest absolute Gasteiger partial charge is 0.454 e.